The molecule has 1 aromatic heterocycles. The molecule has 3 rings (SSSR count). The van der Waals surface area contributed by atoms with Crippen LogP contribution in [-0.4, -0.2) is 27.2 Å². The van der Waals surface area contributed by atoms with Crippen molar-refractivity contribution in [3.8, 4) is 0 Å². The van der Waals surface area contributed by atoms with Crippen LogP contribution in [-0.2, 0) is 13.5 Å². The molecular formula is C16H19FN4O2. The molecule has 0 spiro atoms. The molecule has 1 amide bonds. The highest BCUT2D eigenvalue weighted by Crippen LogP contribution is 2.43. The molecule has 0 atom stereocenters. The summed E-state index contributed by atoms with van der Waals surface area (Å²) in [6, 6.07) is 6.74. The second kappa shape index (κ2) is 5.98. The van der Waals surface area contributed by atoms with Crippen molar-refractivity contribution in [2.75, 3.05) is 6.54 Å². The Morgan fingerprint density at radius 1 is 1.43 bits per heavy atom. The Hall–Kier alpha value is -2.44. The van der Waals surface area contributed by atoms with E-state index >= 15 is 0 Å². The van der Waals surface area contributed by atoms with Crippen molar-refractivity contribution in [3.05, 3.63) is 52.0 Å². The van der Waals surface area contributed by atoms with E-state index in [0.29, 0.717) is 18.5 Å². The number of hydrogen-bond acceptors (Lipinski definition) is 3. The van der Waals surface area contributed by atoms with Gasteiger partial charge in [0.25, 0.3) is 5.91 Å². The standard InChI is InChI=1S/C16H19FN4O2/c1-21-15(23)19-13(20-21)14(22)18-10-16(7-4-8-16)9-11-5-2-3-6-12(11)17/h2-3,5-6H,4,7-10H2,1H3,(H,18,22)(H,19,20,23). The second-order valence-electron chi connectivity index (χ2n) is 6.21. The smallest absolute Gasteiger partial charge is 0.343 e. The van der Waals surface area contributed by atoms with E-state index in [0.717, 1.165) is 23.9 Å². The monoisotopic (exact) mass is 318 g/mol. The number of nitrogens with one attached hydrogen (secondary N) is 2. The summed E-state index contributed by atoms with van der Waals surface area (Å²) < 4.78 is 14.9. The van der Waals surface area contributed by atoms with Crippen molar-refractivity contribution in [1.82, 2.24) is 20.1 Å². The number of H-pyrrole nitrogens is 1. The second-order valence-corrected chi connectivity index (χ2v) is 6.21. The lowest BCUT2D eigenvalue weighted by molar-refractivity contribution is 0.0848. The molecule has 1 aromatic carbocycles. The Labute approximate surface area is 132 Å². The van der Waals surface area contributed by atoms with Crippen LogP contribution >= 0.6 is 0 Å². The minimum Gasteiger partial charge on any atom is -0.349 e. The highest BCUT2D eigenvalue weighted by atomic mass is 19.1. The normalized spacial score (nSPS) is 15.9. The molecule has 1 aliphatic carbocycles. The van der Waals surface area contributed by atoms with Gasteiger partial charge in [-0.15, -0.1) is 5.10 Å². The third kappa shape index (κ3) is 3.18. The zero-order chi connectivity index (χ0) is 16.4. The van der Waals surface area contributed by atoms with E-state index in [1.807, 2.05) is 6.07 Å². The zero-order valence-electron chi connectivity index (χ0n) is 12.9. The number of halogens is 1. The van der Waals surface area contributed by atoms with Crippen LogP contribution in [0.2, 0.25) is 0 Å². The van der Waals surface area contributed by atoms with Crippen LogP contribution in [0.1, 0.15) is 35.4 Å². The number of aromatic nitrogens is 3. The minimum absolute atomic E-state index is 0.00198. The quantitative estimate of drug-likeness (QED) is 0.874. The highest BCUT2D eigenvalue weighted by molar-refractivity contribution is 5.90. The Morgan fingerprint density at radius 3 is 2.74 bits per heavy atom. The number of rotatable bonds is 5. The first-order chi connectivity index (χ1) is 11.0. The fourth-order valence-corrected chi connectivity index (χ4v) is 2.99. The number of hydrogen-bond donors (Lipinski definition) is 2. The van der Waals surface area contributed by atoms with Gasteiger partial charge in [0.15, 0.2) is 0 Å². The Balaban J connectivity index is 1.66. The Bertz CT molecular complexity index is 776. The first-order valence-electron chi connectivity index (χ1n) is 7.64. The lowest BCUT2D eigenvalue weighted by atomic mass is 9.65. The summed E-state index contributed by atoms with van der Waals surface area (Å²) in [7, 11) is 1.47. The molecule has 0 saturated heterocycles. The number of nitrogens with zero attached hydrogens (tertiary/aromatic N) is 2. The summed E-state index contributed by atoms with van der Waals surface area (Å²) in [5.41, 5.74) is 0.125. The summed E-state index contributed by atoms with van der Waals surface area (Å²) in [6.45, 7) is 0.443. The maximum Gasteiger partial charge on any atom is 0.343 e. The summed E-state index contributed by atoms with van der Waals surface area (Å²) in [5.74, 6) is -0.625. The summed E-state index contributed by atoms with van der Waals surface area (Å²) in [5, 5.41) is 6.64. The van der Waals surface area contributed by atoms with Gasteiger partial charge in [-0.05, 0) is 36.3 Å². The average Bonchev–Trinajstić information content (AvgIpc) is 2.83. The van der Waals surface area contributed by atoms with Crippen LogP contribution in [0.5, 0.6) is 0 Å². The molecule has 7 heteroatoms. The van der Waals surface area contributed by atoms with Crippen LogP contribution < -0.4 is 11.0 Å². The van der Waals surface area contributed by atoms with Gasteiger partial charge in [-0.1, -0.05) is 24.6 Å². The van der Waals surface area contributed by atoms with E-state index in [-0.39, 0.29) is 17.1 Å². The number of aryl methyl sites for hydroxylation is 1. The zero-order valence-corrected chi connectivity index (χ0v) is 12.9. The van der Waals surface area contributed by atoms with E-state index < -0.39 is 11.6 Å². The fourth-order valence-electron chi connectivity index (χ4n) is 2.99. The maximum absolute atomic E-state index is 13.9. The van der Waals surface area contributed by atoms with Gasteiger partial charge in [-0.3, -0.25) is 9.78 Å². The molecule has 1 heterocycles. The molecule has 1 aliphatic rings. The van der Waals surface area contributed by atoms with Gasteiger partial charge in [-0.2, -0.15) is 0 Å². The van der Waals surface area contributed by atoms with Gasteiger partial charge in [0, 0.05) is 13.6 Å². The highest BCUT2D eigenvalue weighted by Gasteiger charge is 2.38. The summed E-state index contributed by atoms with van der Waals surface area (Å²) in [4.78, 5) is 25.8. The van der Waals surface area contributed by atoms with Crippen molar-refractivity contribution in [1.29, 1.82) is 0 Å². The van der Waals surface area contributed by atoms with Crippen LogP contribution in [0, 0.1) is 11.2 Å². The number of carbonyl (C=O) groups is 1. The predicted octanol–water partition coefficient (Wildman–Crippen LogP) is 1.39. The van der Waals surface area contributed by atoms with E-state index in [2.05, 4.69) is 15.4 Å². The van der Waals surface area contributed by atoms with Crippen molar-refractivity contribution in [2.24, 2.45) is 12.5 Å². The molecule has 0 aliphatic heterocycles. The SMILES string of the molecule is Cn1nc(C(=O)NCC2(Cc3ccccc3F)CCC2)[nH]c1=O. The molecule has 2 aromatic rings. The predicted molar refractivity (Wildman–Crippen MR) is 82.5 cm³/mol. The van der Waals surface area contributed by atoms with E-state index in [9.17, 15) is 14.0 Å². The first kappa shape index (κ1) is 15.5. The first-order valence-corrected chi connectivity index (χ1v) is 7.64. The van der Waals surface area contributed by atoms with E-state index in [4.69, 9.17) is 0 Å². The molecule has 1 saturated carbocycles. The number of aromatic amines is 1. The maximum atomic E-state index is 13.9. The van der Waals surface area contributed by atoms with E-state index in [1.54, 1.807) is 12.1 Å². The molecule has 6 nitrogen and oxygen atoms in total. The van der Waals surface area contributed by atoms with Gasteiger partial charge in [0.2, 0.25) is 5.82 Å². The fraction of sp³-hybridized carbons (Fsp3) is 0.438. The third-order valence-electron chi connectivity index (χ3n) is 4.55. The van der Waals surface area contributed by atoms with Crippen molar-refractivity contribution >= 4 is 5.91 Å². The topological polar surface area (TPSA) is 79.8 Å². The van der Waals surface area contributed by atoms with Crippen molar-refractivity contribution < 1.29 is 9.18 Å². The minimum atomic E-state index is -0.431. The van der Waals surface area contributed by atoms with E-state index in [1.165, 1.54) is 13.1 Å². The molecule has 122 valence electrons. The van der Waals surface area contributed by atoms with Gasteiger partial charge in [0.1, 0.15) is 5.82 Å². The molecule has 0 unspecified atom stereocenters. The largest absolute Gasteiger partial charge is 0.349 e. The molecule has 2 N–H and O–H groups in total. The lowest BCUT2D eigenvalue weighted by Gasteiger charge is -2.42. The van der Waals surface area contributed by atoms with Crippen LogP contribution in [0.3, 0.4) is 0 Å². The van der Waals surface area contributed by atoms with Crippen LogP contribution in [0.15, 0.2) is 29.1 Å². The van der Waals surface area contributed by atoms with Gasteiger partial charge in [-0.25, -0.2) is 13.9 Å². The Kier molecular flexibility index (Phi) is 4.02. The average molecular weight is 318 g/mol. The number of carbonyl (C=O) groups excluding carboxylic acids is 1. The number of amides is 1. The van der Waals surface area contributed by atoms with Gasteiger partial charge in [0.05, 0.1) is 0 Å². The number of benzene rings is 1. The van der Waals surface area contributed by atoms with Crippen molar-refractivity contribution in [3.63, 3.8) is 0 Å². The molecule has 0 radical (unpaired) electrons. The summed E-state index contributed by atoms with van der Waals surface area (Å²) in [6.07, 6.45) is 3.56. The summed E-state index contributed by atoms with van der Waals surface area (Å²) >= 11 is 0. The van der Waals surface area contributed by atoms with Crippen LogP contribution in [0.25, 0.3) is 0 Å². The van der Waals surface area contributed by atoms with Crippen LogP contribution in [0.4, 0.5) is 4.39 Å². The van der Waals surface area contributed by atoms with Gasteiger partial charge < -0.3 is 5.32 Å². The molecule has 1 fully saturated rings. The molecule has 0 bridgehead atoms. The third-order valence-corrected chi connectivity index (χ3v) is 4.55. The molecule has 23 heavy (non-hydrogen) atoms. The lowest BCUT2D eigenvalue weighted by Crippen LogP contribution is -2.44. The van der Waals surface area contributed by atoms with Gasteiger partial charge >= 0.3 is 5.69 Å². The Morgan fingerprint density at radius 2 is 2.17 bits per heavy atom. The molecular weight excluding hydrogens is 299 g/mol. The van der Waals surface area contributed by atoms with Crippen molar-refractivity contribution in [2.45, 2.75) is 25.7 Å².